The number of amides is 1. The minimum absolute atomic E-state index is 0.00141. The third-order valence-corrected chi connectivity index (χ3v) is 3.67. The van der Waals surface area contributed by atoms with Gasteiger partial charge < -0.3 is 15.0 Å². The Hall–Kier alpha value is -2.41. The third kappa shape index (κ3) is 2.94. The average Bonchev–Trinajstić information content (AvgIpc) is 3.11. The lowest BCUT2D eigenvalue weighted by Crippen LogP contribution is -2.31. The van der Waals surface area contributed by atoms with Crippen molar-refractivity contribution in [2.75, 3.05) is 30.5 Å². The van der Waals surface area contributed by atoms with Gasteiger partial charge in [-0.1, -0.05) is 5.21 Å². The van der Waals surface area contributed by atoms with Crippen LogP contribution in [0.5, 0.6) is 0 Å². The van der Waals surface area contributed by atoms with Gasteiger partial charge in [-0.15, -0.1) is 5.10 Å². The molecule has 7 nitrogen and oxygen atoms in total. The molecule has 0 unspecified atom stereocenters. The molecule has 0 bridgehead atoms. The largest absolute Gasteiger partial charge is 0.379 e. The number of rotatable bonds is 5. The number of hydrogen-bond acceptors (Lipinski definition) is 5. The summed E-state index contributed by atoms with van der Waals surface area (Å²) < 4.78 is 6.61. The molecule has 3 rings (SSSR count). The summed E-state index contributed by atoms with van der Waals surface area (Å²) >= 11 is 0. The predicted octanol–water partition coefficient (Wildman–Crippen LogP) is 0.963. The van der Waals surface area contributed by atoms with Gasteiger partial charge in [-0.05, 0) is 30.2 Å². The molecular weight excluding hydrogens is 282 g/mol. The van der Waals surface area contributed by atoms with Gasteiger partial charge in [0.05, 0.1) is 6.54 Å². The summed E-state index contributed by atoms with van der Waals surface area (Å²) in [6.45, 7) is 1.45. The monoisotopic (exact) mass is 301 g/mol. The lowest BCUT2D eigenvalue weighted by molar-refractivity contribution is -0.122. The maximum absolute atomic E-state index is 12.0. The number of aromatic nitrogens is 3. The average molecular weight is 301 g/mol. The maximum Gasteiger partial charge on any atom is 0.252 e. The standard InChI is InChI=1S/C15H19N5O2/c1-19-9-13(17-18-19)8-16-12-3-4-14-11(7-12)5-6-20(14)15(21)10-22-2/h3-4,7,9,16H,5-6,8,10H2,1-2H3. The Bertz CT molecular complexity index is 682. The van der Waals surface area contributed by atoms with Crippen LogP contribution in [0.3, 0.4) is 0 Å². The fraction of sp³-hybridized carbons (Fsp3) is 0.400. The van der Waals surface area contributed by atoms with Crippen LogP contribution in [-0.2, 0) is 29.5 Å². The lowest BCUT2D eigenvalue weighted by Gasteiger charge is -2.17. The molecule has 0 spiro atoms. The number of benzene rings is 1. The minimum Gasteiger partial charge on any atom is -0.379 e. The lowest BCUT2D eigenvalue weighted by atomic mass is 10.1. The third-order valence-electron chi connectivity index (χ3n) is 3.67. The molecule has 1 aromatic carbocycles. The molecule has 1 amide bonds. The van der Waals surface area contributed by atoms with Gasteiger partial charge in [0.1, 0.15) is 12.3 Å². The van der Waals surface area contributed by atoms with Crippen molar-refractivity contribution in [3.8, 4) is 0 Å². The summed E-state index contributed by atoms with van der Waals surface area (Å²) in [4.78, 5) is 13.8. The zero-order chi connectivity index (χ0) is 15.5. The van der Waals surface area contributed by atoms with E-state index in [0.717, 1.165) is 23.5 Å². The van der Waals surface area contributed by atoms with Crippen LogP contribution in [0.25, 0.3) is 0 Å². The fourth-order valence-electron chi connectivity index (χ4n) is 2.64. The number of anilines is 2. The van der Waals surface area contributed by atoms with Crippen molar-refractivity contribution >= 4 is 17.3 Å². The Morgan fingerprint density at radius 3 is 3.05 bits per heavy atom. The summed E-state index contributed by atoms with van der Waals surface area (Å²) in [7, 11) is 3.38. The van der Waals surface area contributed by atoms with E-state index in [9.17, 15) is 4.79 Å². The summed E-state index contributed by atoms with van der Waals surface area (Å²) in [6.07, 6.45) is 2.75. The van der Waals surface area contributed by atoms with Gasteiger partial charge in [0.15, 0.2) is 0 Å². The van der Waals surface area contributed by atoms with E-state index in [1.807, 2.05) is 25.4 Å². The Morgan fingerprint density at radius 2 is 2.32 bits per heavy atom. The molecular formula is C15H19N5O2. The molecule has 0 aliphatic carbocycles. The second-order valence-corrected chi connectivity index (χ2v) is 5.31. The molecule has 1 aliphatic heterocycles. The highest BCUT2D eigenvalue weighted by Crippen LogP contribution is 2.30. The van der Waals surface area contributed by atoms with Gasteiger partial charge in [-0.25, -0.2) is 0 Å². The molecule has 7 heteroatoms. The number of methoxy groups -OCH3 is 1. The highest BCUT2D eigenvalue weighted by Gasteiger charge is 2.24. The van der Waals surface area contributed by atoms with Crippen molar-refractivity contribution in [2.45, 2.75) is 13.0 Å². The first-order valence-electron chi connectivity index (χ1n) is 7.18. The topological polar surface area (TPSA) is 72.3 Å². The Balaban J connectivity index is 1.68. The molecule has 0 atom stereocenters. The molecule has 22 heavy (non-hydrogen) atoms. The molecule has 2 aromatic rings. The molecule has 1 aliphatic rings. The number of ether oxygens (including phenoxy) is 1. The number of nitrogens with zero attached hydrogens (tertiary/aromatic N) is 4. The van der Waals surface area contributed by atoms with E-state index in [1.54, 1.807) is 9.58 Å². The van der Waals surface area contributed by atoms with E-state index in [1.165, 1.54) is 12.7 Å². The fourth-order valence-corrected chi connectivity index (χ4v) is 2.64. The Morgan fingerprint density at radius 1 is 1.45 bits per heavy atom. The number of carbonyl (C=O) groups excluding carboxylic acids is 1. The quantitative estimate of drug-likeness (QED) is 0.890. The zero-order valence-corrected chi connectivity index (χ0v) is 12.7. The van der Waals surface area contributed by atoms with Gasteiger partial charge in [0, 0.05) is 38.3 Å². The van der Waals surface area contributed by atoms with Crippen molar-refractivity contribution < 1.29 is 9.53 Å². The van der Waals surface area contributed by atoms with E-state index in [4.69, 9.17) is 4.74 Å². The number of carbonyl (C=O) groups is 1. The van der Waals surface area contributed by atoms with Gasteiger partial charge >= 0.3 is 0 Å². The normalized spacial score (nSPS) is 13.3. The van der Waals surface area contributed by atoms with E-state index in [0.29, 0.717) is 13.1 Å². The van der Waals surface area contributed by atoms with Crippen LogP contribution in [0.2, 0.25) is 0 Å². The Labute approximate surface area is 128 Å². The number of nitrogens with one attached hydrogen (secondary N) is 1. The van der Waals surface area contributed by atoms with Crippen molar-refractivity contribution in [1.29, 1.82) is 0 Å². The van der Waals surface area contributed by atoms with Crippen LogP contribution in [0.15, 0.2) is 24.4 Å². The first kappa shape index (κ1) is 14.5. The van der Waals surface area contributed by atoms with Gasteiger partial charge in [-0.3, -0.25) is 9.48 Å². The molecule has 0 saturated carbocycles. The molecule has 1 aromatic heterocycles. The van der Waals surface area contributed by atoms with Crippen LogP contribution in [0, 0.1) is 0 Å². The Kier molecular flexibility index (Phi) is 4.06. The van der Waals surface area contributed by atoms with Gasteiger partial charge in [0.25, 0.3) is 5.91 Å². The summed E-state index contributed by atoms with van der Waals surface area (Å²) in [5.74, 6) is 0.00141. The van der Waals surface area contributed by atoms with Gasteiger partial charge in [-0.2, -0.15) is 0 Å². The number of aryl methyl sites for hydroxylation is 1. The van der Waals surface area contributed by atoms with Crippen molar-refractivity contribution in [3.63, 3.8) is 0 Å². The van der Waals surface area contributed by atoms with Crippen molar-refractivity contribution in [1.82, 2.24) is 15.0 Å². The summed E-state index contributed by atoms with van der Waals surface area (Å²) in [6, 6.07) is 6.05. The van der Waals surface area contributed by atoms with Crippen LogP contribution < -0.4 is 10.2 Å². The van der Waals surface area contributed by atoms with E-state index in [-0.39, 0.29) is 12.5 Å². The van der Waals surface area contributed by atoms with Crippen LogP contribution in [0.1, 0.15) is 11.3 Å². The van der Waals surface area contributed by atoms with Crippen LogP contribution in [0.4, 0.5) is 11.4 Å². The minimum atomic E-state index is 0.00141. The molecule has 2 heterocycles. The number of fused-ring (bicyclic) bond motifs is 1. The maximum atomic E-state index is 12.0. The van der Waals surface area contributed by atoms with E-state index in [2.05, 4.69) is 21.7 Å². The first-order chi connectivity index (χ1) is 10.7. The molecule has 116 valence electrons. The first-order valence-corrected chi connectivity index (χ1v) is 7.18. The van der Waals surface area contributed by atoms with Crippen LogP contribution in [-0.4, -0.2) is 41.2 Å². The second-order valence-electron chi connectivity index (χ2n) is 5.31. The molecule has 0 saturated heterocycles. The molecule has 1 N–H and O–H groups in total. The van der Waals surface area contributed by atoms with Crippen molar-refractivity contribution in [2.24, 2.45) is 7.05 Å². The SMILES string of the molecule is COCC(=O)N1CCc2cc(NCc3cn(C)nn3)ccc21. The van der Waals surface area contributed by atoms with Crippen molar-refractivity contribution in [3.05, 3.63) is 35.7 Å². The zero-order valence-electron chi connectivity index (χ0n) is 12.7. The highest BCUT2D eigenvalue weighted by molar-refractivity contribution is 5.96. The second kappa shape index (κ2) is 6.15. The smallest absolute Gasteiger partial charge is 0.252 e. The number of hydrogen-bond donors (Lipinski definition) is 1. The highest BCUT2D eigenvalue weighted by atomic mass is 16.5. The molecule has 0 radical (unpaired) electrons. The van der Waals surface area contributed by atoms with E-state index >= 15 is 0 Å². The van der Waals surface area contributed by atoms with Gasteiger partial charge in [0.2, 0.25) is 0 Å². The molecule has 0 fully saturated rings. The summed E-state index contributed by atoms with van der Waals surface area (Å²) in [5, 5.41) is 11.3. The van der Waals surface area contributed by atoms with E-state index < -0.39 is 0 Å². The van der Waals surface area contributed by atoms with Crippen LogP contribution >= 0.6 is 0 Å². The predicted molar refractivity (Wildman–Crippen MR) is 82.7 cm³/mol. The summed E-state index contributed by atoms with van der Waals surface area (Å²) in [5.41, 5.74) is 4.06.